The highest BCUT2D eigenvalue weighted by atomic mass is 15.1. The van der Waals surface area contributed by atoms with Crippen LogP contribution in [0.2, 0.25) is 0 Å². The van der Waals surface area contributed by atoms with E-state index in [0.717, 1.165) is 5.69 Å². The van der Waals surface area contributed by atoms with Crippen molar-refractivity contribution in [3.63, 3.8) is 0 Å². The number of hydrogen-bond donors (Lipinski definition) is 1. The quantitative estimate of drug-likeness (QED) is 0.801. The SMILES string of the molecule is CCN1CCC(c2ccc(N)cn2)CC1. The molecule has 0 aliphatic carbocycles. The first-order valence-electron chi connectivity index (χ1n) is 5.73. The zero-order chi connectivity index (χ0) is 10.7. The standard InChI is InChI=1S/C12H19N3/c1-2-15-7-5-10(6-8-15)12-4-3-11(13)9-14-12/h3-4,9-10H,2,5-8,13H2,1H3. The molecule has 0 spiro atoms. The van der Waals surface area contributed by atoms with Crippen molar-refractivity contribution in [3.05, 3.63) is 24.0 Å². The molecular weight excluding hydrogens is 186 g/mol. The second-order valence-electron chi connectivity index (χ2n) is 4.22. The predicted molar refractivity (Wildman–Crippen MR) is 62.7 cm³/mol. The van der Waals surface area contributed by atoms with Gasteiger partial charge in [0.2, 0.25) is 0 Å². The summed E-state index contributed by atoms with van der Waals surface area (Å²) >= 11 is 0. The third-order valence-electron chi connectivity index (χ3n) is 3.26. The Bertz CT molecular complexity index is 299. The van der Waals surface area contributed by atoms with Gasteiger partial charge in [-0.05, 0) is 44.6 Å². The fourth-order valence-electron chi connectivity index (χ4n) is 2.20. The molecule has 15 heavy (non-hydrogen) atoms. The monoisotopic (exact) mass is 205 g/mol. The van der Waals surface area contributed by atoms with E-state index >= 15 is 0 Å². The number of anilines is 1. The van der Waals surface area contributed by atoms with Crippen molar-refractivity contribution in [2.24, 2.45) is 0 Å². The van der Waals surface area contributed by atoms with E-state index in [1.54, 1.807) is 6.20 Å². The van der Waals surface area contributed by atoms with Gasteiger partial charge in [0.15, 0.2) is 0 Å². The number of pyridine rings is 1. The van der Waals surface area contributed by atoms with Crippen molar-refractivity contribution >= 4 is 5.69 Å². The Labute approximate surface area is 91.3 Å². The number of nitrogen functional groups attached to an aromatic ring is 1. The molecule has 0 atom stereocenters. The minimum atomic E-state index is 0.633. The molecule has 1 aromatic heterocycles. The highest BCUT2D eigenvalue weighted by molar-refractivity contribution is 5.35. The lowest BCUT2D eigenvalue weighted by atomic mass is 9.93. The van der Waals surface area contributed by atoms with Crippen molar-refractivity contribution in [2.45, 2.75) is 25.7 Å². The number of likely N-dealkylation sites (tertiary alicyclic amines) is 1. The van der Waals surface area contributed by atoms with Crippen LogP contribution in [-0.4, -0.2) is 29.5 Å². The Balaban J connectivity index is 1.98. The van der Waals surface area contributed by atoms with Crippen LogP contribution in [0.25, 0.3) is 0 Å². The van der Waals surface area contributed by atoms with Crippen LogP contribution >= 0.6 is 0 Å². The van der Waals surface area contributed by atoms with Crippen molar-refractivity contribution in [3.8, 4) is 0 Å². The van der Waals surface area contributed by atoms with Crippen LogP contribution < -0.4 is 5.73 Å². The summed E-state index contributed by atoms with van der Waals surface area (Å²) in [7, 11) is 0. The molecule has 1 saturated heterocycles. The highest BCUT2D eigenvalue weighted by Gasteiger charge is 2.20. The van der Waals surface area contributed by atoms with Gasteiger partial charge in [0.05, 0.1) is 11.9 Å². The summed E-state index contributed by atoms with van der Waals surface area (Å²) < 4.78 is 0. The summed E-state index contributed by atoms with van der Waals surface area (Å²) in [6, 6.07) is 4.02. The summed E-state index contributed by atoms with van der Waals surface area (Å²) in [6.45, 7) is 5.80. The fraction of sp³-hybridized carbons (Fsp3) is 0.583. The second-order valence-corrected chi connectivity index (χ2v) is 4.22. The Hall–Kier alpha value is -1.09. The third kappa shape index (κ3) is 2.48. The van der Waals surface area contributed by atoms with E-state index in [1.807, 2.05) is 6.07 Å². The topological polar surface area (TPSA) is 42.1 Å². The maximum Gasteiger partial charge on any atom is 0.0501 e. The number of hydrogen-bond acceptors (Lipinski definition) is 3. The first-order valence-corrected chi connectivity index (χ1v) is 5.73. The van der Waals surface area contributed by atoms with Gasteiger partial charge in [0, 0.05) is 11.6 Å². The Morgan fingerprint density at radius 2 is 2.13 bits per heavy atom. The van der Waals surface area contributed by atoms with Crippen LogP contribution in [0.5, 0.6) is 0 Å². The maximum atomic E-state index is 5.63. The van der Waals surface area contributed by atoms with Crippen LogP contribution in [-0.2, 0) is 0 Å². The molecule has 2 rings (SSSR count). The molecule has 2 N–H and O–H groups in total. The van der Waals surface area contributed by atoms with Gasteiger partial charge in [0.25, 0.3) is 0 Å². The van der Waals surface area contributed by atoms with Crippen LogP contribution in [0, 0.1) is 0 Å². The van der Waals surface area contributed by atoms with Gasteiger partial charge in [-0.15, -0.1) is 0 Å². The summed E-state index contributed by atoms with van der Waals surface area (Å²) in [6.07, 6.45) is 4.22. The number of rotatable bonds is 2. The molecule has 1 fully saturated rings. The molecule has 3 nitrogen and oxygen atoms in total. The molecular formula is C12H19N3. The van der Waals surface area contributed by atoms with E-state index < -0.39 is 0 Å². The lowest BCUT2D eigenvalue weighted by Gasteiger charge is -2.30. The van der Waals surface area contributed by atoms with Gasteiger partial charge < -0.3 is 10.6 Å². The van der Waals surface area contributed by atoms with E-state index in [2.05, 4.69) is 22.9 Å². The molecule has 1 aliphatic heterocycles. The lowest BCUT2D eigenvalue weighted by molar-refractivity contribution is 0.221. The van der Waals surface area contributed by atoms with Crippen molar-refractivity contribution in [2.75, 3.05) is 25.4 Å². The molecule has 82 valence electrons. The van der Waals surface area contributed by atoms with Gasteiger partial charge >= 0.3 is 0 Å². The van der Waals surface area contributed by atoms with E-state index in [0.29, 0.717) is 5.92 Å². The van der Waals surface area contributed by atoms with Crippen LogP contribution in [0.4, 0.5) is 5.69 Å². The maximum absolute atomic E-state index is 5.63. The molecule has 1 aliphatic rings. The first-order chi connectivity index (χ1) is 7.29. The average molecular weight is 205 g/mol. The Morgan fingerprint density at radius 3 is 2.67 bits per heavy atom. The molecule has 2 heterocycles. The van der Waals surface area contributed by atoms with Crippen molar-refractivity contribution < 1.29 is 0 Å². The highest BCUT2D eigenvalue weighted by Crippen LogP contribution is 2.26. The zero-order valence-corrected chi connectivity index (χ0v) is 9.32. The van der Waals surface area contributed by atoms with Gasteiger partial charge in [-0.2, -0.15) is 0 Å². The Morgan fingerprint density at radius 1 is 1.40 bits per heavy atom. The molecule has 0 bridgehead atoms. The van der Waals surface area contributed by atoms with Gasteiger partial charge in [-0.3, -0.25) is 4.98 Å². The van der Waals surface area contributed by atoms with Crippen molar-refractivity contribution in [1.29, 1.82) is 0 Å². The lowest BCUT2D eigenvalue weighted by Crippen LogP contribution is -2.32. The summed E-state index contributed by atoms with van der Waals surface area (Å²) in [4.78, 5) is 6.90. The second kappa shape index (κ2) is 4.62. The summed E-state index contributed by atoms with van der Waals surface area (Å²) in [5, 5.41) is 0. The van der Waals surface area contributed by atoms with Crippen LogP contribution in [0.3, 0.4) is 0 Å². The van der Waals surface area contributed by atoms with Crippen molar-refractivity contribution in [1.82, 2.24) is 9.88 Å². The van der Waals surface area contributed by atoms with E-state index in [1.165, 1.54) is 38.2 Å². The van der Waals surface area contributed by atoms with E-state index in [-0.39, 0.29) is 0 Å². The number of nitrogens with two attached hydrogens (primary N) is 1. The molecule has 0 unspecified atom stereocenters. The average Bonchev–Trinajstić information content (AvgIpc) is 2.30. The number of nitrogens with zero attached hydrogens (tertiary/aromatic N) is 2. The zero-order valence-electron chi connectivity index (χ0n) is 9.32. The first kappa shape index (κ1) is 10.4. The van der Waals surface area contributed by atoms with E-state index in [9.17, 15) is 0 Å². The number of aromatic nitrogens is 1. The molecule has 0 saturated carbocycles. The van der Waals surface area contributed by atoms with Gasteiger partial charge in [-0.25, -0.2) is 0 Å². The molecule has 0 amide bonds. The minimum Gasteiger partial charge on any atom is -0.397 e. The number of piperidine rings is 1. The van der Waals surface area contributed by atoms with Crippen LogP contribution in [0.1, 0.15) is 31.4 Å². The summed E-state index contributed by atoms with van der Waals surface area (Å²) in [5.41, 5.74) is 7.59. The molecule has 0 aromatic carbocycles. The van der Waals surface area contributed by atoms with E-state index in [4.69, 9.17) is 5.73 Å². The van der Waals surface area contributed by atoms with Gasteiger partial charge in [0.1, 0.15) is 0 Å². The summed E-state index contributed by atoms with van der Waals surface area (Å²) in [5.74, 6) is 0.633. The Kier molecular flexibility index (Phi) is 3.21. The normalized spacial score (nSPS) is 19.3. The van der Waals surface area contributed by atoms with Crippen LogP contribution in [0.15, 0.2) is 18.3 Å². The minimum absolute atomic E-state index is 0.633. The smallest absolute Gasteiger partial charge is 0.0501 e. The molecule has 0 radical (unpaired) electrons. The van der Waals surface area contributed by atoms with Gasteiger partial charge in [-0.1, -0.05) is 6.92 Å². The fourth-order valence-corrected chi connectivity index (χ4v) is 2.20. The largest absolute Gasteiger partial charge is 0.397 e. The molecule has 1 aromatic rings. The third-order valence-corrected chi connectivity index (χ3v) is 3.26. The molecule has 3 heteroatoms. The predicted octanol–water partition coefficient (Wildman–Crippen LogP) is 1.86.